The highest BCUT2D eigenvalue weighted by molar-refractivity contribution is 5.80. The van der Waals surface area contributed by atoms with Crippen LogP contribution in [0.5, 0.6) is 11.5 Å². The number of nitrogen functional groups attached to an aromatic ring is 1. The molecule has 0 aliphatic heterocycles. The van der Waals surface area contributed by atoms with E-state index in [1.54, 1.807) is 19.1 Å². The van der Waals surface area contributed by atoms with Gasteiger partial charge >= 0.3 is 5.97 Å². The van der Waals surface area contributed by atoms with Crippen molar-refractivity contribution < 1.29 is 14.3 Å². The van der Waals surface area contributed by atoms with Gasteiger partial charge in [0.05, 0.1) is 11.6 Å². The van der Waals surface area contributed by atoms with Crippen molar-refractivity contribution in [3.8, 4) is 11.5 Å². The lowest BCUT2D eigenvalue weighted by molar-refractivity contribution is -0.143. The molecule has 0 saturated carbocycles. The minimum absolute atomic E-state index is 0.181. The number of ether oxygens (including phenoxy) is 2. The van der Waals surface area contributed by atoms with Crippen LogP contribution >= 0.6 is 0 Å². The van der Waals surface area contributed by atoms with Gasteiger partial charge in [-0.25, -0.2) is 0 Å². The van der Waals surface area contributed by atoms with Crippen LogP contribution in [0, 0.1) is 0 Å². The van der Waals surface area contributed by atoms with Crippen LogP contribution in [-0.4, -0.2) is 12.6 Å². The van der Waals surface area contributed by atoms with Crippen molar-refractivity contribution in [3.05, 3.63) is 66.7 Å². The van der Waals surface area contributed by atoms with E-state index in [1.165, 1.54) is 6.08 Å². The van der Waals surface area contributed by atoms with E-state index in [2.05, 4.69) is 6.58 Å². The van der Waals surface area contributed by atoms with Crippen LogP contribution in [0.3, 0.4) is 0 Å². The molecule has 0 radical (unpaired) electrons. The average Bonchev–Trinajstić information content (AvgIpc) is 2.54. The minimum atomic E-state index is -0.484. The van der Waals surface area contributed by atoms with Crippen molar-refractivity contribution in [2.45, 2.75) is 12.8 Å². The number of carbonyl (C=O) groups excluding carboxylic acids is 1. The van der Waals surface area contributed by atoms with Crippen LogP contribution in [0.4, 0.5) is 5.69 Å². The lowest BCUT2D eigenvalue weighted by atomic mass is 9.99. The predicted octanol–water partition coefficient (Wildman–Crippen LogP) is 3.89. The molecule has 0 spiro atoms. The summed E-state index contributed by atoms with van der Waals surface area (Å²) in [5.74, 6) is 0.315. The molecule has 2 N–H and O–H groups in total. The predicted molar refractivity (Wildman–Crippen MR) is 86.9 cm³/mol. The molecule has 0 saturated heterocycles. The molecule has 0 bridgehead atoms. The number of rotatable bonds is 6. The van der Waals surface area contributed by atoms with Crippen LogP contribution in [0.2, 0.25) is 0 Å². The summed E-state index contributed by atoms with van der Waals surface area (Å²) >= 11 is 0. The highest BCUT2D eigenvalue weighted by Gasteiger charge is 2.22. The fourth-order valence-corrected chi connectivity index (χ4v) is 2.03. The molecule has 2 aromatic carbocycles. The number of nitrogens with two attached hydrogens (primary N) is 1. The highest BCUT2D eigenvalue weighted by Crippen LogP contribution is 2.36. The minimum Gasteiger partial charge on any atom is -0.461 e. The summed E-state index contributed by atoms with van der Waals surface area (Å²) in [6.45, 7) is 5.47. The average molecular weight is 297 g/mol. The number of para-hydroxylation sites is 2. The van der Waals surface area contributed by atoms with E-state index >= 15 is 0 Å². The van der Waals surface area contributed by atoms with Gasteiger partial charge in [-0.3, -0.25) is 4.79 Å². The van der Waals surface area contributed by atoms with Crippen LogP contribution in [0.25, 0.3) is 0 Å². The van der Waals surface area contributed by atoms with Crippen molar-refractivity contribution in [1.29, 1.82) is 0 Å². The van der Waals surface area contributed by atoms with E-state index in [0.717, 1.165) is 0 Å². The fourth-order valence-electron chi connectivity index (χ4n) is 2.03. The molecule has 0 heterocycles. The van der Waals surface area contributed by atoms with E-state index in [9.17, 15) is 4.79 Å². The van der Waals surface area contributed by atoms with Crippen molar-refractivity contribution in [3.63, 3.8) is 0 Å². The van der Waals surface area contributed by atoms with Gasteiger partial charge < -0.3 is 15.2 Å². The third-order valence-corrected chi connectivity index (χ3v) is 3.20. The zero-order valence-corrected chi connectivity index (χ0v) is 12.5. The summed E-state index contributed by atoms with van der Waals surface area (Å²) in [7, 11) is 0. The lowest BCUT2D eigenvalue weighted by Gasteiger charge is -2.17. The maximum absolute atomic E-state index is 12.1. The first kappa shape index (κ1) is 15.6. The molecular weight excluding hydrogens is 278 g/mol. The summed E-state index contributed by atoms with van der Waals surface area (Å²) in [4.78, 5) is 12.1. The van der Waals surface area contributed by atoms with E-state index in [0.29, 0.717) is 22.7 Å². The van der Waals surface area contributed by atoms with Crippen LogP contribution < -0.4 is 10.5 Å². The van der Waals surface area contributed by atoms with Gasteiger partial charge in [-0.1, -0.05) is 43.0 Å². The van der Waals surface area contributed by atoms with Gasteiger partial charge in [-0.05, 0) is 25.1 Å². The first-order valence-corrected chi connectivity index (χ1v) is 7.02. The molecule has 0 aromatic heterocycles. The molecule has 0 aliphatic carbocycles. The Kier molecular flexibility index (Phi) is 5.20. The zero-order valence-electron chi connectivity index (χ0n) is 12.5. The van der Waals surface area contributed by atoms with Crippen LogP contribution in [0.1, 0.15) is 18.4 Å². The Morgan fingerprint density at radius 1 is 1.23 bits per heavy atom. The van der Waals surface area contributed by atoms with Crippen molar-refractivity contribution >= 4 is 11.7 Å². The van der Waals surface area contributed by atoms with Gasteiger partial charge in [0, 0.05) is 5.56 Å². The van der Waals surface area contributed by atoms with Gasteiger partial charge in [-0.15, -0.1) is 0 Å². The second-order valence-corrected chi connectivity index (χ2v) is 4.82. The molecule has 0 fully saturated rings. The molecule has 2 rings (SSSR count). The van der Waals surface area contributed by atoms with Gasteiger partial charge in [0.15, 0.2) is 5.75 Å². The number of hydrogen-bond donors (Lipinski definition) is 1. The second-order valence-electron chi connectivity index (χ2n) is 4.82. The molecule has 22 heavy (non-hydrogen) atoms. The molecular formula is C18H19NO3. The standard InChI is InChI=1S/C18H19NO3/c1-3-12-21-18(20)13(2)15-10-7-11-16(19)17(15)22-14-8-5-4-6-9-14/h3-11,13H,1,12,19H2,2H3. The van der Waals surface area contributed by atoms with Gasteiger partial charge in [0.25, 0.3) is 0 Å². The molecule has 1 atom stereocenters. The molecule has 2 aromatic rings. The van der Waals surface area contributed by atoms with Gasteiger partial charge in [-0.2, -0.15) is 0 Å². The molecule has 4 nitrogen and oxygen atoms in total. The van der Waals surface area contributed by atoms with Crippen LogP contribution in [0.15, 0.2) is 61.2 Å². The first-order valence-electron chi connectivity index (χ1n) is 7.02. The quantitative estimate of drug-likeness (QED) is 0.499. The topological polar surface area (TPSA) is 61.5 Å². The third kappa shape index (κ3) is 3.67. The summed E-state index contributed by atoms with van der Waals surface area (Å²) in [6, 6.07) is 14.6. The number of benzene rings is 2. The fraction of sp³-hybridized carbons (Fsp3) is 0.167. The number of esters is 1. The Labute approximate surface area is 130 Å². The monoisotopic (exact) mass is 297 g/mol. The van der Waals surface area contributed by atoms with Crippen molar-refractivity contribution in [2.75, 3.05) is 12.3 Å². The smallest absolute Gasteiger partial charge is 0.313 e. The molecule has 4 heteroatoms. The molecule has 0 aliphatic rings. The number of hydrogen-bond acceptors (Lipinski definition) is 4. The van der Waals surface area contributed by atoms with Crippen LogP contribution in [-0.2, 0) is 9.53 Å². The van der Waals surface area contributed by atoms with Crippen molar-refractivity contribution in [2.24, 2.45) is 0 Å². The number of anilines is 1. The number of carbonyl (C=O) groups is 1. The maximum Gasteiger partial charge on any atom is 0.313 e. The van der Waals surface area contributed by atoms with E-state index in [4.69, 9.17) is 15.2 Å². The van der Waals surface area contributed by atoms with E-state index in [-0.39, 0.29) is 12.6 Å². The highest BCUT2D eigenvalue weighted by atomic mass is 16.5. The molecule has 1 unspecified atom stereocenters. The normalized spacial score (nSPS) is 11.5. The van der Waals surface area contributed by atoms with E-state index in [1.807, 2.05) is 36.4 Å². The van der Waals surface area contributed by atoms with Gasteiger partial charge in [0.2, 0.25) is 0 Å². The Morgan fingerprint density at radius 3 is 2.64 bits per heavy atom. The Hall–Kier alpha value is -2.75. The van der Waals surface area contributed by atoms with Crippen molar-refractivity contribution in [1.82, 2.24) is 0 Å². The van der Waals surface area contributed by atoms with E-state index < -0.39 is 5.92 Å². The zero-order chi connectivity index (χ0) is 15.9. The summed E-state index contributed by atoms with van der Waals surface area (Å²) in [6.07, 6.45) is 1.53. The summed E-state index contributed by atoms with van der Waals surface area (Å²) in [5, 5.41) is 0. The van der Waals surface area contributed by atoms with Gasteiger partial charge in [0.1, 0.15) is 12.4 Å². The largest absolute Gasteiger partial charge is 0.461 e. The first-order chi connectivity index (χ1) is 10.6. The molecule has 0 amide bonds. The SMILES string of the molecule is C=CCOC(=O)C(C)c1cccc(N)c1Oc1ccccc1. The summed E-state index contributed by atoms with van der Waals surface area (Å²) < 4.78 is 11.0. The Bertz CT molecular complexity index is 653. The Morgan fingerprint density at radius 2 is 1.95 bits per heavy atom. The second kappa shape index (κ2) is 7.31. The summed E-state index contributed by atoms with van der Waals surface area (Å²) in [5.41, 5.74) is 7.18. The lowest BCUT2D eigenvalue weighted by Crippen LogP contribution is -2.14. The third-order valence-electron chi connectivity index (χ3n) is 3.20. The maximum atomic E-state index is 12.1. The Balaban J connectivity index is 2.30. The molecule has 114 valence electrons.